The van der Waals surface area contributed by atoms with Gasteiger partial charge in [0.1, 0.15) is 0 Å². The van der Waals surface area contributed by atoms with Crippen LogP contribution in [0.25, 0.3) is 0 Å². The van der Waals surface area contributed by atoms with Crippen LogP contribution in [0.2, 0.25) is 0 Å². The third kappa shape index (κ3) is 1.62. The number of cyclic esters (lactones) is 1. The number of aliphatic hydroxyl groups is 3. The Morgan fingerprint density at radius 1 is 1.54 bits per heavy atom. The number of carbonyl (C=O) groups is 2. The first-order valence-corrected chi connectivity index (χ1v) is 3.41. The lowest BCUT2D eigenvalue weighted by molar-refractivity contribution is -0.255. The molecule has 4 N–H and O–H groups in total. The van der Waals surface area contributed by atoms with E-state index < -0.39 is 36.4 Å². The fourth-order valence-corrected chi connectivity index (χ4v) is 0.952. The zero-order chi connectivity index (χ0) is 10.2. The highest BCUT2D eigenvalue weighted by atomic mass is 16.7. The number of aliphatic carboxylic acids is 1. The molecular weight excluding hydrogens is 184 g/mol. The van der Waals surface area contributed by atoms with Crippen molar-refractivity contribution < 1.29 is 34.8 Å². The van der Waals surface area contributed by atoms with E-state index in [0.717, 1.165) is 0 Å². The summed E-state index contributed by atoms with van der Waals surface area (Å²) in [6.45, 7) is 0. The van der Waals surface area contributed by atoms with Gasteiger partial charge in [-0.25, -0.2) is 9.59 Å². The molecule has 0 bridgehead atoms. The van der Waals surface area contributed by atoms with Crippen LogP contribution in [0.15, 0.2) is 0 Å². The van der Waals surface area contributed by atoms with Gasteiger partial charge in [0.25, 0.3) is 0 Å². The van der Waals surface area contributed by atoms with Crippen molar-refractivity contribution in [3.63, 3.8) is 0 Å². The lowest BCUT2D eigenvalue weighted by Gasteiger charge is -2.32. The summed E-state index contributed by atoms with van der Waals surface area (Å²) < 4.78 is 4.03. The summed E-state index contributed by atoms with van der Waals surface area (Å²) in [7, 11) is 0. The highest BCUT2D eigenvalue weighted by Crippen LogP contribution is 2.23. The first-order chi connectivity index (χ1) is 5.87. The molecule has 0 aromatic carbocycles. The Hall–Kier alpha value is -1.18. The van der Waals surface area contributed by atoms with E-state index in [4.69, 9.17) is 20.4 Å². The van der Waals surface area contributed by atoms with E-state index in [9.17, 15) is 9.59 Å². The molecule has 0 unspecified atom stereocenters. The van der Waals surface area contributed by atoms with E-state index in [0.29, 0.717) is 0 Å². The number of carboxylic acids is 1. The van der Waals surface area contributed by atoms with Gasteiger partial charge in [0.05, 0.1) is 12.5 Å². The Kier molecular flexibility index (Phi) is 2.24. The van der Waals surface area contributed by atoms with Crippen molar-refractivity contribution in [1.29, 1.82) is 0 Å². The second kappa shape index (κ2) is 2.95. The average Bonchev–Trinajstić information content (AvgIpc) is 2.00. The maximum Gasteiger partial charge on any atom is 0.377 e. The smallest absolute Gasteiger partial charge is 0.377 e. The van der Waals surface area contributed by atoms with Gasteiger partial charge in [0, 0.05) is 0 Å². The molecule has 0 spiro atoms. The molecule has 1 aliphatic rings. The molecule has 1 rings (SSSR count). The van der Waals surface area contributed by atoms with Crippen LogP contribution >= 0.6 is 0 Å². The minimum Gasteiger partial charge on any atom is -0.476 e. The minimum atomic E-state index is -2.74. The molecule has 74 valence electrons. The van der Waals surface area contributed by atoms with Crippen LogP contribution in [0.3, 0.4) is 0 Å². The van der Waals surface area contributed by atoms with Gasteiger partial charge in [-0.2, -0.15) is 0 Å². The molecule has 0 aromatic rings. The molecule has 0 saturated carbocycles. The van der Waals surface area contributed by atoms with Gasteiger partial charge in [-0.3, -0.25) is 0 Å². The molecule has 1 saturated heterocycles. The van der Waals surface area contributed by atoms with Crippen LogP contribution in [0.5, 0.6) is 0 Å². The second-order valence-corrected chi connectivity index (χ2v) is 2.73. The second-order valence-electron chi connectivity index (χ2n) is 2.73. The number of hydrogen-bond donors (Lipinski definition) is 4. The van der Waals surface area contributed by atoms with Gasteiger partial charge in [0.2, 0.25) is 0 Å². The van der Waals surface area contributed by atoms with E-state index in [2.05, 4.69) is 4.74 Å². The largest absolute Gasteiger partial charge is 0.476 e. The quantitative estimate of drug-likeness (QED) is 0.336. The van der Waals surface area contributed by atoms with Crippen LogP contribution < -0.4 is 0 Å². The average molecular weight is 192 g/mol. The molecule has 1 heterocycles. The van der Waals surface area contributed by atoms with E-state index >= 15 is 0 Å². The Morgan fingerprint density at radius 2 is 2.08 bits per heavy atom. The Labute approximate surface area is 72.2 Å². The molecule has 0 radical (unpaired) electrons. The third-order valence-corrected chi connectivity index (χ3v) is 1.70. The maximum absolute atomic E-state index is 10.7. The van der Waals surface area contributed by atoms with Crippen molar-refractivity contribution >= 4 is 11.9 Å². The molecular formula is C6H8O7. The zero-order valence-corrected chi connectivity index (χ0v) is 6.38. The van der Waals surface area contributed by atoms with Crippen LogP contribution in [0, 0.1) is 0 Å². The molecule has 1 aliphatic heterocycles. The number of carboxylic acid groups (broad SMARTS) is 1. The van der Waals surface area contributed by atoms with Crippen molar-refractivity contribution in [3.05, 3.63) is 0 Å². The number of ether oxygens (including phenoxy) is 1. The van der Waals surface area contributed by atoms with Gasteiger partial charge in [0.15, 0.2) is 6.10 Å². The van der Waals surface area contributed by atoms with Gasteiger partial charge in [-0.15, -0.1) is 0 Å². The molecule has 0 amide bonds. The summed E-state index contributed by atoms with van der Waals surface area (Å²) in [4.78, 5) is 21.0. The van der Waals surface area contributed by atoms with E-state index in [-0.39, 0.29) is 0 Å². The van der Waals surface area contributed by atoms with E-state index in [1.54, 1.807) is 0 Å². The number of hydrogen-bond acceptors (Lipinski definition) is 6. The predicted octanol–water partition coefficient (Wildman–Crippen LogP) is -2.57. The van der Waals surface area contributed by atoms with Crippen molar-refractivity contribution in [2.24, 2.45) is 0 Å². The minimum absolute atomic E-state index is 0.755. The number of esters is 1. The predicted molar refractivity (Wildman–Crippen MR) is 35.3 cm³/mol. The SMILES string of the molecule is O=C1O[C@@](O)(C(=O)O)C[C@H](O)[C@@H]1O. The van der Waals surface area contributed by atoms with Crippen molar-refractivity contribution in [2.75, 3.05) is 0 Å². The summed E-state index contributed by atoms with van der Waals surface area (Å²) >= 11 is 0. The fourth-order valence-electron chi connectivity index (χ4n) is 0.952. The highest BCUT2D eigenvalue weighted by Gasteiger charge is 2.50. The van der Waals surface area contributed by atoms with Gasteiger partial charge < -0.3 is 25.2 Å². The summed E-state index contributed by atoms with van der Waals surface area (Å²) in [6, 6.07) is 0. The summed E-state index contributed by atoms with van der Waals surface area (Å²) in [5.74, 6) is -5.88. The number of aliphatic hydroxyl groups excluding tert-OH is 2. The fraction of sp³-hybridized carbons (Fsp3) is 0.667. The van der Waals surface area contributed by atoms with Gasteiger partial charge in [-0.1, -0.05) is 0 Å². The van der Waals surface area contributed by atoms with Crippen molar-refractivity contribution in [3.8, 4) is 0 Å². The van der Waals surface area contributed by atoms with E-state index in [1.807, 2.05) is 0 Å². The maximum atomic E-state index is 10.7. The van der Waals surface area contributed by atoms with Crippen molar-refractivity contribution in [1.82, 2.24) is 0 Å². The Morgan fingerprint density at radius 3 is 2.46 bits per heavy atom. The Balaban J connectivity index is 2.85. The normalized spacial score (nSPS) is 39.8. The Bertz CT molecular complexity index is 249. The van der Waals surface area contributed by atoms with Crippen LogP contribution in [-0.4, -0.2) is 50.4 Å². The standard InChI is InChI=1S/C6H8O7/c7-2-1-6(12,5(10)11)13-4(9)3(2)8/h2-3,7-8,12H,1H2,(H,10,11)/t2-,3-,6+/m0/s1. The summed E-state index contributed by atoms with van der Waals surface area (Å²) in [5, 5.41) is 35.3. The molecule has 0 aliphatic carbocycles. The summed E-state index contributed by atoms with van der Waals surface area (Å²) in [5.41, 5.74) is 0. The van der Waals surface area contributed by atoms with Crippen LogP contribution in [-0.2, 0) is 14.3 Å². The molecule has 7 nitrogen and oxygen atoms in total. The monoisotopic (exact) mass is 192 g/mol. The lowest BCUT2D eigenvalue weighted by Crippen LogP contribution is -2.56. The summed E-state index contributed by atoms with van der Waals surface area (Å²) in [6.07, 6.45) is -4.20. The highest BCUT2D eigenvalue weighted by molar-refractivity contribution is 5.84. The van der Waals surface area contributed by atoms with Gasteiger partial charge >= 0.3 is 17.7 Å². The van der Waals surface area contributed by atoms with Crippen LogP contribution in [0.4, 0.5) is 0 Å². The third-order valence-electron chi connectivity index (χ3n) is 1.70. The topological polar surface area (TPSA) is 124 Å². The molecule has 0 aromatic heterocycles. The van der Waals surface area contributed by atoms with Gasteiger partial charge in [-0.05, 0) is 0 Å². The van der Waals surface area contributed by atoms with Crippen LogP contribution in [0.1, 0.15) is 6.42 Å². The first-order valence-electron chi connectivity index (χ1n) is 3.41. The molecule has 13 heavy (non-hydrogen) atoms. The number of carbonyl (C=O) groups excluding carboxylic acids is 1. The lowest BCUT2D eigenvalue weighted by atomic mass is 10.0. The molecule has 1 fully saturated rings. The number of rotatable bonds is 1. The molecule has 7 heteroatoms. The zero-order valence-electron chi connectivity index (χ0n) is 6.38. The van der Waals surface area contributed by atoms with Crippen molar-refractivity contribution in [2.45, 2.75) is 24.4 Å². The first kappa shape index (κ1) is 9.90. The molecule has 3 atom stereocenters. The van der Waals surface area contributed by atoms with E-state index in [1.165, 1.54) is 0 Å².